The van der Waals surface area contributed by atoms with Crippen molar-refractivity contribution in [2.75, 3.05) is 19.0 Å². The Morgan fingerprint density at radius 1 is 1.00 bits per heavy atom. The van der Waals surface area contributed by atoms with Gasteiger partial charge in [0.25, 0.3) is 5.91 Å². The molecule has 0 saturated heterocycles. The average Bonchev–Trinajstić information content (AvgIpc) is 2.79. The maximum atomic E-state index is 13.6. The summed E-state index contributed by atoms with van der Waals surface area (Å²) in [6, 6.07) is 22.6. The van der Waals surface area contributed by atoms with Crippen LogP contribution >= 0.6 is 0 Å². The summed E-state index contributed by atoms with van der Waals surface area (Å²) >= 11 is 0. The maximum absolute atomic E-state index is 13.6. The fourth-order valence-corrected chi connectivity index (χ4v) is 4.68. The van der Waals surface area contributed by atoms with E-state index >= 15 is 0 Å². The smallest absolute Gasteiger partial charge is 0.254 e. The zero-order valence-electron chi connectivity index (χ0n) is 16.7. The molecular weight excluding hydrogens is 376 g/mol. The largest absolute Gasteiger partial charge is 0.497 e. The van der Waals surface area contributed by atoms with Crippen molar-refractivity contribution in [1.82, 2.24) is 4.90 Å². The van der Waals surface area contributed by atoms with E-state index in [4.69, 9.17) is 4.74 Å². The molecule has 1 N–H and O–H groups in total. The second-order valence-corrected chi connectivity index (χ2v) is 7.68. The van der Waals surface area contributed by atoms with Crippen LogP contribution in [0.3, 0.4) is 0 Å². The Hall–Kier alpha value is -3.60. The first-order valence-electron chi connectivity index (χ1n) is 10.1. The van der Waals surface area contributed by atoms with Crippen molar-refractivity contribution in [3.63, 3.8) is 0 Å². The fraction of sp³-hybridized carbons (Fsp3) is 0.200. The molecule has 2 aliphatic heterocycles. The van der Waals surface area contributed by atoms with Crippen LogP contribution in [0.2, 0.25) is 0 Å². The number of ether oxygens (including phenoxy) is 1. The van der Waals surface area contributed by atoms with E-state index in [-0.39, 0.29) is 17.9 Å². The lowest BCUT2D eigenvalue weighted by Gasteiger charge is -2.45. The molecule has 30 heavy (non-hydrogen) atoms. The average molecular weight is 398 g/mol. The first-order chi connectivity index (χ1) is 14.7. The van der Waals surface area contributed by atoms with Gasteiger partial charge in [0.15, 0.2) is 0 Å². The Morgan fingerprint density at radius 3 is 2.60 bits per heavy atom. The Balaban J connectivity index is 1.61. The van der Waals surface area contributed by atoms with Gasteiger partial charge in [-0.25, -0.2) is 0 Å². The van der Waals surface area contributed by atoms with Crippen molar-refractivity contribution in [2.24, 2.45) is 0 Å². The molecule has 2 atom stereocenters. The van der Waals surface area contributed by atoms with Gasteiger partial charge in [0, 0.05) is 23.9 Å². The number of carbonyl (C=O) groups excluding carboxylic acids is 2. The number of amides is 2. The third-order valence-corrected chi connectivity index (χ3v) is 6.05. The molecule has 0 fully saturated rings. The molecule has 5 heteroatoms. The lowest BCUT2D eigenvalue weighted by atomic mass is 9.76. The summed E-state index contributed by atoms with van der Waals surface area (Å²) in [5.74, 6) is 0.0497. The van der Waals surface area contributed by atoms with Crippen molar-refractivity contribution < 1.29 is 14.3 Å². The van der Waals surface area contributed by atoms with E-state index in [1.165, 1.54) is 5.56 Å². The number of benzene rings is 3. The zero-order chi connectivity index (χ0) is 20.7. The topological polar surface area (TPSA) is 58.6 Å². The monoisotopic (exact) mass is 398 g/mol. The van der Waals surface area contributed by atoms with E-state index in [0.717, 1.165) is 17.5 Å². The standard InChI is InChI=1S/C25H22N2O3/c1-30-18-9-6-8-17(15-18)26-24(28)22-20-11-4-5-12-21(20)25(29)27-14-13-16-7-2-3-10-19(16)23(22)27/h2-12,15,22-23H,13-14H2,1H3,(H,26,28)/t22-,23+/m1/s1. The summed E-state index contributed by atoms with van der Waals surface area (Å²) in [5, 5.41) is 3.05. The summed E-state index contributed by atoms with van der Waals surface area (Å²) in [6.07, 6.45) is 0.796. The summed E-state index contributed by atoms with van der Waals surface area (Å²) in [5.41, 5.74) is 4.31. The van der Waals surface area contributed by atoms with Gasteiger partial charge in [-0.15, -0.1) is 0 Å². The van der Waals surface area contributed by atoms with Crippen LogP contribution < -0.4 is 10.1 Å². The Morgan fingerprint density at radius 2 is 1.77 bits per heavy atom. The van der Waals surface area contributed by atoms with Crippen molar-refractivity contribution >= 4 is 17.5 Å². The van der Waals surface area contributed by atoms with Gasteiger partial charge in [-0.2, -0.15) is 0 Å². The first kappa shape index (κ1) is 18.4. The van der Waals surface area contributed by atoms with Crippen LogP contribution in [0.15, 0.2) is 72.8 Å². The summed E-state index contributed by atoms with van der Waals surface area (Å²) in [7, 11) is 1.60. The highest BCUT2D eigenvalue weighted by Crippen LogP contribution is 2.46. The molecule has 2 aliphatic rings. The third kappa shape index (κ3) is 2.94. The van der Waals surface area contributed by atoms with E-state index in [2.05, 4.69) is 11.4 Å². The number of nitrogens with zero attached hydrogens (tertiary/aromatic N) is 1. The molecule has 0 unspecified atom stereocenters. The van der Waals surface area contributed by atoms with Crippen LogP contribution in [0, 0.1) is 0 Å². The predicted octanol–water partition coefficient (Wildman–Crippen LogP) is 4.17. The molecule has 0 aliphatic carbocycles. The number of methoxy groups -OCH3 is 1. The Labute approximate surface area is 175 Å². The van der Waals surface area contributed by atoms with Crippen LogP contribution in [0.4, 0.5) is 5.69 Å². The van der Waals surface area contributed by atoms with E-state index in [9.17, 15) is 9.59 Å². The Kier molecular flexibility index (Phi) is 4.51. The molecule has 5 rings (SSSR count). The van der Waals surface area contributed by atoms with Crippen LogP contribution in [0.5, 0.6) is 5.75 Å². The number of rotatable bonds is 3. The van der Waals surface area contributed by atoms with E-state index in [1.54, 1.807) is 13.2 Å². The lowest BCUT2D eigenvalue weighted by molar-refractivity contribution is -0.119. The third-order valence-electron chi connectivity index (χ3n) is 6.05. The highest BCUT2D eigenvalue weighted by molar-refractivity contribution is 6.04. The van der Waals surface area contributed by atoms with Gasteiger partial charge in [0.05, 0.1) is 19.1 Å². The van der Waals surface area contributed by atoms with Gasteiger partial charge in [0.2, 0.25) is 5.91 Å². The van der Waals surface area contributed by atoms with E-state index in [1.807, 2.05) is 65.6 Å². The number of hydrogen-bond acceptors (Lipinski definition) is 3. The number of nitrogens with one attached hydrogen (secondary N) is 1. The molecule has 150 valence electrons. The van der Waals surface area contributed by atoms with Gasteiger partial charge in [0.1, 0.15) is 5.75 Å². The molecule has 0 spiro atoms. The van der Waals surface area contributed by atoms with Gasteiger partial charge >= 0.3 is 0 Å². The molecule has 3 aromatic carbocycles. The minimum atomic E-state index is -0.494. The molecule has 2 heterocycles. The van der Waals surface area contributed by atoms with Crippen LogP contribution in [-0.2, 0) is 11.2 Å². The lowest BCUT2D eigenvalue weighted by Crippen LogP contribution is -2.49. The second kappa shape index (κ2) is 7.34. The number of hydrogen-bond donors (Lipinski definition) is 1. The minimum absolute atomic E-state index is 0.00414. The Bertz CT molecular complexity index is 1140. The molecule has 0 aromatic heterocycles. The summed E-state index contributed by atoms with van der Waals surface area (Å²) < 4.78 is 5.28. The summed E-state index contributed by atoms with van der Waals surface area (Å²) in [6.45, 7) is 0.609. The van der Waals surface area contributed by atoms with E-state index < -0.39 is 5.92 Å². The summed E-state index contributed by atoms with van der Waals surface area (Å²) in [4.78, 5) is 28.7. The quantitative estimate of drug-likeness (QED) is 0.720. The number of anilines is 1. The molecule has 5 nitrogen and oxygen atoms in total. The van der Waals surface area contributed by atoms with Gasteiger partial charge < -0.3 is 15.0 Å². The molecule has 0 saturated carbocycles. The minimum Gasteiger partial charge on any atom is -0.497 e. The zero-order valence-corrected chi connectivity index (χ0v) is 16.7. The van der Waals surface area contributed by atoms with Crippen molar-refractivity contribution in [3.05, 3.63) is 95.1 Å². The highest BCUT2D eigenvalue weighted by atomic mass is 16.5. The van der Waals surface area contributed by atoms with Gasteiger partial charge in [-0.05, 0) is 41.3 Å². The SMILES string of the molecule is COc1cccc(NC(=O)[C@@H]2c3ccccc3C(=O)N3CCc4ccccc4[C@@H]23)c1. The highest BCUT2D eigenvalue weighted by Gasteiger charge is 2.46. The van der Waals surface area contributed by atoms with Crippen LogP contribution in [0.1, 0.15) is 39.0 Å². The normalized spacial score (nSPS) is 19.4. The number of fused-ring (bicyclic) bond motifs is 4. The second-order valence-electron chi connectivity index (χ2n) is 7.68. The first-order valence-corrected chi connectivity index (χ1v) is 10.1. The van der Waals surface area contributed by atoms with E-state index in [0.29, 0.717) is 23.5 Å². The molecule has 0 radical (unpaired) electrons. The predicted molar refractivity (Wildman–Crippen MR) is 115 cm³/mol. The molecule has 0 bridgehead atoms. The molecular formula is C25H22N2O3. The number of carbonyl (C=O) groups is 2. The molecule has 3 aromatic rings. The van der Waals surface area contributed by atoms with Crippen molar-refractivity contribution in [2.45, 2.75) is 18.4 Å². The van der Waals surface area contributed by atoms with Crippen LogP contribution in [0.25, 0.3) is 0 Å². The van der Waals surface area contributed by atoms with Crippen molar-refractivity contribution in [3.8, 4) is 5.75 Å². The van der Waals surface area contributed by atoms with Crippen LogP contribution in [-0.4, -0.2) is 30.4 Å². The van der Waals surface area contributed by atoms with Gasteiger partial charge in [-0.1, -0.05) is 48.5 Å². The fourth-order valence-electron chi connectivity index (χ4n) is 4.68. The maximum Gasteiger partial charge on any atom is 0.254 e. The van der Waals surface area contributed by atoms with Gasteiger partial charge in [-0.3, -0.25) is 9.59 Å². The molecule has 2 amide bonds. The van der Waals surface area contributed by atoms with Crippen molar-refractivity contribution in [1.29, 1.82) is 0 Å².